The number of carbonyl (C=O) groups is 1. The monoisotopic (exact) mass is 193 g/mol. The SMILES string of the molecule is O=C(CN=C=S)c1ccc(O)cc1. The van der Waals surface area contributed by atoms with Crippen molar-refractivity contribution in [1.29, 1.82) is 0 Å². The number of ketones is 1. The molecule has 1 rings (SSSR count). The van der Waals surface area contributed by atoms with Gasteiger partial charge in [-0.25, -0.2) is 4.99 Å². The van der Waals surface area contributed by atoms with E-state index in [1.165, 1.54) is 24.3 Å². The number of carbonyl (C=O) groups excluding carboxylic acids is 1. The molecule has 0 heterocycles. The molecule has 0 saturated carbocycles. The van der Waals surface area contributed by atoms with Crippen LogP contribution < -0.4 is 0 Å². The lowest BCUT2D eigenvalue weighted by Gasteiger charge is -1.96. The summed E-state index contributed by atoms with van der Waals surface area (Å²) in [7, 11) is 0. The number of phenols is 1. The smallest absolute Gasteiger partial charge is 0.185 e. The molecule has 0 spiro atoms. The maximum atomic E-state index is 11.3. The number of nitrogens with zero attached hydrogens (tertiary/aromatic N) is 1. The van der Waals surface area contributed by atoms with Gasteiger partial charge in [0.05, 0.1) is 5.16 Å². The Morgan fingerprint density at radius 2 is 2.08 bits per heavy atom. The van der Waals surface area contributed by atoms with Crippen molar-refractivity contribution in [1.82, 2.24) is 0 Å². The molecule has 3 nitrogen and oxygen atoms in total. The second kappa shape index (κ2) is 4.50. The van der Waals surface area contributed by atoms with Crippen LogP contribution in [-0.2, 0) is 0 Å². The highest BCUT2D eigenvalue weighted by Crippen LogP contribution is 2.09. The molecular formula is C9H7NO2S. The Bertz CT molecular complexity index is 352. The minimum absolute atomic E-state index is 0.00821. The Balaban J connectivity index is 2.77. The molecule has 1 aromatic rings. The number of benzene rings is 1. The van der Waals surface area contributed by atoms with Crippen LogP contribution in [0, 0.1) is 0 Å². The molecule has 0 aliphatic heterocycles. The highest BCUT2D eigenvalue weighted by Gasteiger charge is 2.03. The first kappa shape index (κ1) is 9.58. The predicted molar refractivity (Wildman–Crippen MR) is 52.3 cm³/mol. The van der Waals surface area contributed by atoms with E-state index in [4.69, 9.17) is 5.11 Å². The number of aliphatic imine (C=N–C) groups is 1. The Kier molecular flexibility index (Phi) is 3.31. The molecule has 4 heteroatoms. The molecule has 0 aromatic heterocycles. The lowest BCUT2D eigenvalue weighted by molar-refractivity contribution is 0.100. The molecule has 0 aliphatic rings. The molecule has 0 bridgehead atoms. The average Bonchev–Trinajstić information content (AvgIpc) is 2.15. The number of rotatable bonds is 3. The molecule has 1 aromatic carbocycles. The first-order valence-corrected chi connectivity index (χ1v) is 4.00. The van der Waals surface area contributed by atoms with Crippen LogP contribution in [-0.4, -0.2) is 22.6 Å². The zero-order valence-corrected chi connectivity index (χ0v) is 7.54. The lowest BCUT2D eigenvalue weighted by Crippen LogP contribution is -2.02. The van der Waals surface area contributed by atoms with E-state index >= 15 is 0 Å². The molecular weight excluding hydrogens is 186 g/mol. The first-order valence-electron chi connectivity index (χ1n) is 3.60. The van der Waals surface area contributed by atoms with Crippen molar-refractivity contribution >= 4 is 23.2 Å². The van der Waals surface area contributed by atoms with Crippen LogP contribution in [0.4, 0.5) is 0 Å². The van der Waals surface area contributed by atoms with E-state index in [9.17, 15) is 4.79 Å². The van der Waals surface area contributed by atoms with Gasteiger partial charge in [-0.2, -0.15) is 0 Å². The van der Waals surface area contributed by atoms with Crippen LogP contribution in [0.2, 0.25) is 0 Å². The third-order valence-electron chi connectivity index (χ3n) is 1.48. The molecule has 1 N–H and O–H groups in total. The third kappa shape index (κ3) is 2.78. The maximum absolute atomic E-state index is 11.3. The largest absolute Gasteiger partial charge is 0.508 e. The van der Waals surface area contributed by atoms with Crippen LogP contribution in [0.5, 0.6) is 5.75 Å². The van der Waals surface area contributed by atoms with Gasteiger partial charge < -0.3 is 5.11 Å². The first-order chi connectivity index (χ1) is 6.24. The second-order valence-corrected chi connectivity index (χ2v) is 2.56. The summed E-state index contributed by atoms with van der Waals surface area (Å²) in [5, 5.41) is 11.1. The molecule has 0 aliphatic carbocycles. The van der Waals surface area contributed by atoms with Gasteiger partial charge in [0.1, 0.15) is 12.3 Å². The zero-order valence-electron chi connectivity index (χ0n) is 6.73. The fraction of sp³-hybridized carbons (Fsp3) is 0.111. The standard InChI is InChI=1S/C9H7NO2S/c11-8-3-1-7(2-4-8)9(12)5-10-6-13/h1-4,11H,5H2. The van der Waals surface area contributed by atoms with Crippen molar-refractivity contribution in [2.24, 2.45) is 4.99 Å². The summed E-state index contributed by atoms with van der Waals surface area (Å²) in [6, 6.07) is 5.98. The molecule has 0 saturated heterocycles. The van der Waals surface area contributed by atoms with Crippen molar-refractivity contribution in [3.8, 4) is 5.75 Å². The molecule has 66 valence electrons. The highest BCUT2D eigenvalue weighted by molar-refractivity contribution is 7.78. The van der Waals surface area contributed by atoms with Gasteiger partial charge in [0, 0.05) is 5.56 Å². The Morgan fingerprint density at radius 1 is 1.46 bits per heavy atom. The Morgan fingerprint density at radius 3 is 2.62 bits per heavy atom. The number of phenolic OH excluding ortho intramolecular Hbond substituents is 1. The average molecular weight is 193 g/mol. The van der Waals surface area contributed by atoms with Crippen LogP contribution in [0.25, 0.3) is 0 Å². The molecule has 13 heavy (non-hydrogen) atoms. The summed E-state index contributed by atoms with van der Waals surface area (Å²) in [5.74, 6) is -0.00719. The minimum atomic E-state index is -0.141. The molecule has 0 amide bonds. The molecule has 0 atom stereocenters. The minimum Gasteiger partial charge on any atom is -0.508 e. The van der Waals surface area contributed by atoms with Crippen molar-refractivity contribution in [3.05, 3.63) is 29.8 Å². The number of hydrogen-bond donors (Lipinski definition) is 1. The van der Waals surface area contributed by atoms with E-state index in [0.717, 1.165) is 0 Å². The fourth-order valence-corrected chi connectivity index (χ4v) is 0.907. The van der Waals surface area contributed by atoms with Crippen LogP contribution in [0.3, 0.4) is 0 Å². The van der Waals surface area contributed by atoms with E-state index in [-0.39, 0.29) is 18.1 Å². The van der Waals surface area contributed by atoms with Gasteiger partial charge in [0.15, 0.2) is 5.78 Å². The summed E-state index contributed by atoms with van der Waals surface area (Å²) in [5.41, 5.74) is 0.506. The molecule has 0 radical (unpaired) electrons. The van der Waals surface area contributed by atoms with Gasteiger partial charge in [0.2, 0.25) is 0 Å². The topological polar surface area (TPSA) is 49.7 Å². The van der Waals surface area contributed by atoms with Gasteiger partial charge in [0.25, 0.3) is 0 Å². The van der Waals surface area contributed by atoms with Crippen molar-refractivity contribution in [2.75, 3.05) is 6.54 Å². The Hall–Kier alpha value is -1.51. The van der Waals surface area contributed by atoms with E-state index in [1.807, 2.05) is 0 Å². The summed E-state index contributed by atoms with van der Waals surface area (Å²) in [6.45, 7) is 0.00821. The summed E-state index contributed by atoms with van der Waals surface area (Å²) >= 11 is 4.33. The van der Waals surface area contributed by atoms with Crippen LogP contribution in [0.1, 0.15) is 10.4 Å². The number of aromatic hydroxyl groups is 1. The van der Waals surface area contributed by atoms with Gasteiger partial charge in [-0.15, -0.1) is 0 Å². The van der Waals surface area contributed by atoms with E-state index in [2.05, 4.69) is 22.4 Å². The third-order valence-corrected chi connectivity index (χ3v) is 1.61. The van der Waals surface area contributed by atoms with Crippen molar-refractivity contribution < 1.29 is 9.90 Å². The zero-order chi connectivity index (χ0) is 9.68. The van der Waals surface area contributed by atoms with Crippen LogP contribution in [0.15, 0.2) is 29.3 Å². The highest BCUT2D eigenvalue weighted by atomic mass is 32.1. The number of hydrogen-bond acceptors (Lipinski definition) is 4. The van der Waals surface area contributed by atoms with E-state index in [0.29, 0.717) is 5.56 Å². The number of thiocarbonyl (C=S) groups is 1. The van der Waals surface area contributed by atoms with Crippen molar-refractivity contribution in [3.63, 3.8) is 0 Å². The van der Waals surface area contributed by atoms with Gasteiger partial charge in [-0.3, -0.25) is 4.79 Å². The lowest BCUT2D eigenvalue weighted by atomic mass is 10.1. The summed E-state index contributed by atoms with van der Waals surface area (Å²) in [4.78, 5) is 14.8. The Labute approximate surface area is 80.7 Å². The molecule has 0 fully saturated rings. The van der Waals surface area contributed by atoms with Crippen molar-refractivity contribution in [2.45, 2.75) is 0 Å². The summed E-state index contributed by atoms with van der Waals surface area (Å²) < 4.78 is 0. The van der Waals surface area contributed by atoms with Gasteiger partial charge in [-0.05, 0) is 36.5 Å². The van der Waals surface area contributed by atoms with E-state index < -0.39 is 0 Å². The van der Waals surface area contributed by atoms with Gasteiger partial charge in [-0.1, -0.05) is 0 Å². The predicted octanol–water partition coefficient (Wildman–Crippen LogP) is 1.68. The number of isothiocyanates is 1. The van der Waals surface area contributed by atoms with Gasteiger partial charge >= 0.3 is 0 Å². The van der Waals surface area contributed by atoms with E-state index in [1.54, 1.807) is 0 Å². The number of Topliss-reactive ketones (excluding diaryl/α,β-unsaturated/α-hetero) is 1. The summed E-state index contributed by atoms with van der Waals surface area (Å²) in [6.07, 6.45) is 0. The molecule has 0 unspecified atom stereocenters. The maximum Gasteiger partial charge on any atom is 0.185 e. The fourth-order valence-electron chi connectivity index (χ4n) is 0.843. The quantitative estimate of drug-likeness (QED) is 0.451. The second-order valence-electron chi connectivity index (χ2n) is 2.38. The normalized spacial score (nSPS) is 8.92. The van der Waals surface area contributed by atoms with Crippen LogP contribution >= 0.6 is 12.2 Å².